The standard InChI is InChI=1S/C21H33N/c1-4-10-20(21-12-7-6-8-13-21)14-9-11-19-15-16-22(17-19)18(3)5-2/h6-8,12-13,19-20H,3-5,9-11,14-17H2,1-2H3. The molecular weight excluding hydrogens is 266 g/mol. The molecule has 2 rings (SSSR count). The van der Waals surface area contributed by atoms with E-state index in [1.807, 2.05) is 0 Å². The van der Waals surface area contributed by atoms with E-state index in [9.17, 15) is 0 Å². The third-order valence-electron chi connectivity index (χ3n) is 5.21. The molecule has 1 nitrogen and oxygen atoms in total. The van der Waals surface area contributed by atoms with Crippen LogP contribution in [-0.2, 0) is 0 Å². The van der Waals surface area contributed by atoms with E-state index in [1.165, 1.54) is 62.9 Å². The SMILES string of the molecule is C=C(CC)N1CCC(CCCC(CCC)c2ccccc2)C1. The first kappa shape index (κ1) is 17.1. The summed E-state index contributed by atoms with van der Waals surface area (Å²) in [5, 5.41) is 0. The second-order valence-electron chi connectivity index (χ2n) is 6.85. The summed E-state index contributed by atoms with van der Waals surface area (Å²) in [6, 6.07) is 11.1. The smallest absolute Gasteiger partial charge is 0.0203 e. The van der Waals surface area contributed by atoms with Crippen LogP contribution in [-0.4, -0.2) is 18.0 Å². The van der Waals surface area contributed by atoms with Gasteiger partial charge in [-0.3, -0.25) is 0 Å². The van der Waals surface area contributed by atoms with Gasteiger partial charge in [-0.25, -0.2) is 0 Å². The van der Waals surface area contributed by atoms with Crippen LogP contribution in [0.1, 0.15) is 70.3 Å². The van der Waals surface area contributed by atoms with E-state index >= 15 is 0 Å². The van der Waals surface area contributed by atoms with E-state index in [0.29, 0.717) is 0 Å². The summed E-state index contributed by atoms with van der Waals surface area (Å²) in [5.41, 5.74) is 2.87. The maximum Gasteiger partial charge on any atom is 0.0203 e. The summed E-state index contributed by atoms with van der Waals surface area (Å²) >= 11 is 0. The van der Waals surface area contributed by atoms with Crippen molar-refractivity contribution in [1.29, 1.82) is 0 Å². The molecule has 2 unspecified atom stereocenters. The van der Waals surface area contributed by atoms with Crippen LogP contribution < -0.4 is 0 Å². The summed E-state index contributed by atoms with van der Waals surface area (Å²) in [5.74, 6) is 1.65. The highest BCUT2D eigenvalue weighted by Crippen LogP contribution is 2.30. The average molecular weight is 300 g/mol. The molecule has 1 aliphatic heterocycles. The Morgan fingerprint density at radius 2 is 2.00 bits per heavy atom. The first-order chi connectivity index (χ1) is 10.7. The molecule has 1 saturated heterocycles. The van der Waals surface area contributed by atoms with Gasteiger partial charge in [-0.05, 0) is 49.5 Å². The van der Waals surface area contributed by atoms with Crippen molar-refractivity contribution in [3.8, 4) is 0 Å². The van der Waals surface area contributed by atoms with E-state index in [0.717, 1.165) is 18.3 Å². The second kappa shape index (κ2) is 9.02. The van der Waals surface area contributed by atoms with Gasteiger partial charge in [0.25, 0.3) is 0 Å². The lowest BCUT2D eigenvalue weighted by molar-refractivity contribution is 0.379. The van der Waals surface area contributed by atoms with Crippen molar-refractivity contribution < 1.29 is 0 Å². The fourth-order valence-electron chi connectivity index (χ4n) is 3.78. The molecule has 0 N–H and O–H groups in total. The molecule has 1 heteroatoms. The topological polar surface area (TPSA) is 3.24 Å². The fourth-order valence-corrected chi connectivity index (χ4v) is 3.78. The zero-order valence-electron chi connectivity index (χ0n) is 14.6. The maximum absolute atomic E-state index is 4.19. The predicted molar refractivity (Wildman–Crippen MR) is 97.1 cm³/mol. The van der Waals surface area contributed by atoms with E-state index in [2.05, 4.69) is 55.7 Å². The van der Waals surface area contributed by atoms with Gasteiger partial charge in [-0.2, -0.15) is 0 Å². The molecular formula is C21H33N. The van der Waals surface area contributed by atoms with Gasteiger partial charge in [-0.1, -0.05) is 63.6 Å². The van der Waals surface area contributed by atoms with Gasteiger partial charge in [0.15, 0.2) is 0 Å². The molecule has 0 spiro atoms. The largest absolute Gasteiger partial charge is 0.375 e. The van der Waals surface area contributed by atoms with Crippen LogP contribution in [0.3, 0.4) is 0 Å². The molecule has 0 bridgehead atoms. The maximum atomic E-state index is 4.19. The minimum atomic E-state index is 0.759. The Morgan fingerprint density at radius 3 is 2.68 bits per heavy atom. The van der Waals surface area contributed by atoms with Gasteiger partial charge in [-0.15, -0.1) is 0 Å². The predicted octanol–water partition coefficient (Wildman–Crippen LogP) is 5.99. The van der Waals surface area contributed by atoms with Crippen molar-refractivity contribution in [1.82, 2.24) is 4.90 Å². The highest BCUT2D eigenvalue weighted by atomic mass is 15.2. The third kappa shape index (κ3) is 4.90. The summed E-state index contributed by atoms with van der Waals surface area (Å²) in [6.45, 7) is 11.2. The van der Waals surface area contributed by atoms with Crippen molar-refractivity contribution in [3.63, 3.8) is 0 Å². The summed E-state index contributed by atoms with van der Waals surface area (Å²) < 4.78 is 0. The Bertz CT molecular complexity index is 436. The van der Waals surface area contributed by atoms with Crippen LogP contribution in [0.25, 0.3) is 0 Å². The number of hydrogen-bond donors (Lipinski definition) is 0. The third-order valence-corrected chi connectivity index (χ3v) is 5.21. The fraction of sp³-hybridized carbons (Fsp3) is 0.619. The molecule has 1 fully saturated rings. The second-order valence-corrected chi connectivity index (χ2v) is 6.85. The highest BCUT2D eigenvalue weighted by Gasteiger charge is 2.22. The monoisotopic (exact) mass is 299 g/mol. The summed E-state index contributed by atoms with van der Waals surface area (Å²) in [6.07, 6.45) is 9.18. The first-order valence-corrected chi connectivity index (χ1v) is 9.22. The van der Waals surface area contributed by atoms with Gasteiger partial charge in [0.2, 0.25) is 0 Å². The Hall–Kier alpha value is -1.24. The molecule has 0 saturated carbocycles. The number of rotatable bonds is 9. The van der Waals surface area contributed by atoms with Gasteiger partial charge in [0.05, 0.1) is 0 Å². The molecule has 0 aromatic heterocycles. The van der Waals surface area contributed by atoms with Gasteiger partial charge in [0, 0.05) is 18.8 Å². The lowest BCUT2D eigenvalue weighted by Gasteiger charge is -2.21. The van der Waals surface area contributed by atoms with Crippen molar-refractivity contribution in [2.75, 3.05) is 13.1 Å². The minimum absolute atomic E-state index is 0.759. The minimum Gasteiger partial charge on any atom is -0.375 e. The van der Waals surface area contributed by atoms with E-state index in [-0.39, 0.29) is 0 Å². The molecule has 2 atom stereocenters. The Kier molecular flexibility index (Phi) is 7.02. The normalized spacial score (nSPS) is 19.4. The van der Waals surface area contributed by atoms with Crippen molar-refractivity contribution in [2.45, 2.75) is 64.7 Å². The van der Waals surface area contributed by atoms with Crippen LogP contribution in [0.4, 0.5) is 0 Å². The van der Waals surface area contributed by atoms with Crippen molar-refractivity contribution in [3.05, 3.63) is 48.2 Å². The molecule has 0 amide bonds. The Morgan fingerprint density at radius 1 is 1.23 bits per heavy atom. The van der Waals surface area contributed by atoms with E-state index in [4.69, 9.17) is 0 Å². The molecule has 1 heterocycles. The quantitative estimate of drug-likeness (QED) is 0.541. The van der Waals surface area contributed by atoms with Gasteiger partial charge >= 0.3 is 0 Å². The molecule has 0 aliphatic carbocycles. The number of benzene rings is 1. The Labute approximate surface area is 137 Å². The van der Waals surface area contributed by atoms with Crippen LogP contribution in [0, 0.1) is 5.92 Å². The summed E-state index contributed by atoms with van der Waals surface area (Å²) in [4.78, 5) is 2.51. The van der Waals surface area contributed by atoms with Crippen LogP contribution in [0.2, 0.25) is 0 Å². The van der Waals surface area contributed by atoms with Gasteiger partial charge < -0.3 is 4.90 Å². The zero-order chi connectivity index (χ0) is 15.8. The zero-order valence-corrected chi connectivity index (χ0v) is 14.6. The van der Waals surface area contributed by atoms with Crippen LogP contribution in [0.15, 0.2) is 42.6 Å². The molecule has 1 aliphatic rings. The van der Waals surface area contributed by atoms with Crippen molar-refractivity contribution in [2.24, 2.45) is 5.92 Å². The number of nitrogens with zero attached hydrogens (tertiary/aromatic N) is 1. The first-order valence-electron chi connectivity index (χ1n) is 9.22. The molecule has 0 radical (unpaired) electrons. The average Bonchev–Trinajstić information content (AvgIpc) is 3.03. The lowest BCUT2D eigenvalue weighted by Crippen LogP contribution is -2.18. The Balaban J connectivity index is 1.76. The number of likely N-dealkylation sites (tertiary alicyclic amines) is 1. The highest BCUT2D eigenvalue weighted by molar-refractivity contribution is 5.19. The van der Waals surface area contributed by atoms with Crippen LogP contribution in [0.5, 0.6) is 0 Å². The van der Waals surface area contributed by atoms with E-state index < -0.39 is 0 Å². The number of allylic oxidation sites excluding steroid dienone is 1. The lowest BCUT2D eigenvalue weighted by atomic mass is 9.88. The summed E-state index contributed by atoms with van der Waals surface area (Å²) in [7, 11) is 0. The molecule has 22 heavy (non-hydrogen) atoms. The van der Waals surface area contributed by atoms with Crippen molar-refractivity contribution >= 4 is 0 Å². The van der Waals surface area contributed by atoms with E-state index in [1.54, 1.807) is 0 Å². The molecule has 1 aromatic rings. The van der Waals surface area contributed by atoms with Gasteiger partial charge in [0.1, 0.15) is 0 Å². The molecule has 122 valence electrons. The number of hydrogen-bond acceptors (Lipinski definition) is 1. The molecule has 1 aromatic carbocycles. The van der Waals surface area contributed by atoms with Crippen LogP contribution >= 0.6 is 0 Å².